The molecule has 0 saturated carbocycles. The number of aromatic nitrogens is 1. The lowest BCUT2D eigenvalue weighted by molar-refractivity contribution is 0.736. The van der Waals surface area contributed by atoms with Crippen molar-refractivity contribution in [2.24, 2.45) is 4.99 Å². The minimum atomic E-state index is 0.591. The van der Waals surface area contributed by atoms with E-state index in [1.54, 1.807) is 7.05 Å². The first-order valence-corrected chi connectivity index (χ1v) is 9.04. The van der Waals surface area contributed by atoms with E-state index in [9.17, 15) is 0 Å². The second-order valence-corrected chi connectivity index (χ2v) is 6.62. The summed E-state index contributed by atoms with van der Waals surface area (Å²) in [5, 5.41) is 6.67. The van der Waals surface area contributed by atoms with Gasteiger partial charge in [0.15, 0.2) is 5.96 Å². The second-order valence-electron chi connectivity index (χ2n) is 6.62. The van der Waals surface area contributed by atoms with E-state index in [1.807, 2.05) is 25.1 Å². The number of pyridine rings is 1. The highest BCUT2D eigenvalue weighted by Crippen LogP contribution is 2.15. The summed E-state index contributed by atoms with van der Waals surface area (Å²) < 4.78 is 0. The molecule has 0 saturated heterocycles. The highest BCUT2D eigenvalue weighted by Gasteiger charge is 2.01. The Labute approximate surface area is 151 Å². The predicted octanol–water partition coefficient (Wildman–Crippen LogP) is 3.81. The summed E-state index contributed by atoms with van der Waals surface area (Å²) in [5.41, 5.74) is 4.84. The number of nitrogens with one attached hydrogen (secondary N) is 2. The zero-order valence-electron chi connectivity index (χ0n) is 15.8. The zero-order valence-corrected chi connectivity index (χ0v) is 15.8. The van der Waals surface area contributed by atoms with Gasteiger partial charge < -0.3 is 10.6 Å². The van der Waals surface area contributed by atoms with Crippen molar-refractivity contribution >= 4 is 5.96 Å². The molecule has 4 nitrogen and oxygen atoms in total. The van der Waals surface area contributed by atoms with Gasteiger partial charge in [-0.2, -0.15) is 0 Å². The largest absolute Gasteiger partial charge is 0.356 e. The highest BCUT2D eigenvalue weighted by molar-refractivity contribution is 5.79. The maximum absolute atomic E-state index is 4.49. The number of aliphatic imine (C=N–C) groups is 1. The third kappa shape index (κ3) is 6.57. The zero-order chi connectivity index (χ0) is 18.1. The van der Waals surface area contributed by atoms with Crippen molar-refractivity contribution in [1.29, 1.82) is 0 Å². The van der Waals surface area contributed by atoms with E-state index in [2.05, 4.69) is 58.7 Å². The Hall–Kier alpha value is -2.36. The van der Waals surface area contributed by atoms with E-state index < -0.39 is 0 Å². The molecular weight excluding hydrogens is 308 g/mol. The van der Waals surface area contributed by atoms with Gasteiger partial charge in [-0.25, -0.2) is 0 Å². The fourth-order valence-corrected chi connectivity index (χ4v) is 2.66. The van der Waals surface area contributed by atoms with Crippen molar-refractivity contribution in [3.8, 4) is 0 Å². The van der Waals surface area contributed by atoms with Gasteiger partial charge in [0.25, 0.3) is 0 Å². The molecule has 2 rings (SSSR count). The molecule has 0 aliphatic rings. The van der Waals surface area contributed by atoms with Crippen LogP contribution in [0.15, 0.2) is 47.5 Å². The van der Waals surface area contributed by atoms with Gasteiger partial charge in [0.2, 0.25) is 0 Å². The molecule has 0 atom stereocenters. The molecule has 0 radical (unpaired) electrons. The molecule has 0 bridgehead atoms. The van der Waals surface area contributed by atoms with E-state index in [0.717, 1.165) is 36.7 Å². The molecule has 4 heteroatoms. The van der Waals surface area contributed by atoms with E-state index in [4.69, 9.17) is 0 Å². The third-order valence-electron chi connectivity index (χ3n) is 4.19. The average molecular weight is 338 g/mol. The van der Waals surface area contributed by atoms with Gasteiger partial charge in [0.05, 0.1) is 12.2 Å². The van der Waals surface area contributed by atoms with Crippen LogP contribution in [0, 0.1) is 6.92 Å². The highest BCUT2D eigenvalue weighted by atomic mass is 15.2. The van der Waals surface area contributed by atoms with Gasteiger partial charge in [-0.05, 0) is 48.9 Å². The summed E-state index contributed by atoms with van der Waals surface area (Å²) in [6.07, 6.45) is 2.15. The molecule has 25 heavy (non-hydrogen) atoms. The standard InChI is InChI=1S/C21H30N4/c1-16(2)19-12-10-18(11-13-19)8-6-14-23-21(22-4)24-15-20-9-5-7-17(3)25-20/h5,7,9-13,16H,6,8,14-15H2,1-4H3,(H2,22,23,24). The fraction of sp³-hybridized carbons (Fsp3) is 0.429. The van der Waals surface area contributed by atoms with E-state index in [1.165, 1.54) is 11.1 Å². The van der Waals surface area contributed by atoms with Crippen molar-refractivity contribution in [3.05, 3.63) is 65.0 Å². The predicted molar refractivity (Wildman–Crippen MR) is 106 cm³/mol. The van der Waals surface area contributed by atoms with Crippen LogP contribution in [0.25, 0.3) is 0 Å². The number of benzene rings is 1. The summed E-state index contributed by atoms with van der Waals surface area (Å²) in [4.78, 5) is 8.76. The smallest absolute Gasteiger partial charge is 0.191 e. The van der Waals surface area contributed by atoms with Crippen molar-refractivity contribution in [1.82, 2.24) is 15.6 Å². The summed E-state index contributed by atoms with van der Waals surface area (Å²) in [7, 11) is 1.80. The minimum Gasteiger partial charge on any atom is -0.356 e. The molecule has 2 N–H and O–H groups in total. The number of aryl methyl sites for hydroxylation is 2. The van der Waals surface area contributed by atoms with Gasteiger partial charge in [-0.1, -0.05) is 44.2 Å². The molecule has 1 heterocycles. The van der Waals surface area contributed by atoms with Gasteiger partial charge in [0, 0.05) is 19.3 Å². The summed E-state index contributed by atoms with van der Waals surface area (Å²) in [6, 6.07) is 15.0. The number of hydrogen-bond donors (Lipinski definition) is 2. The monoisotopic (exact) mass is 338 g/mol. The number of hydrogen-bond acceptors (Lipinski definition) is 2. The van der Waals surface area contributed by atoms with Crippen LogP contribution in [0.4, 0.5) is 0 Å². The van der Waals surface area contributed by atoms with Crippen LogP contribution >= 0.6 is 0 Å². The Morgan fingerprint density at radius 2 is 1.84 bits per heavy atom. The van der Waals surface area contributed by atoms with Crippen molar-refractivity contribution in [2.75, 3.05) is 13.6 Å². The normalized spacial score (nSPS) is 11.6. The molecule has 1 aromatic carbocycles. The SMILES string of the molecule is CN=C(NCCCc1ccc(C(C)C)cc1)NCc1cccc(C)n1. The molecule has 0 aliphatic heterocycles. The van der Waals surface area contributed by atoms with Crippen LogP contribution in [-0.4, -0.2) is 24.5 Å². The molecule has 0 unspecified atom stereocenters. The quantitative estimate of drug-likeness (QED) is 0.458. The lowest BCUT2D eigenvalue weighted by atomic mass is 10.0. The molecule has 0 spiro atoms. The number of rotatable bonds is 7. The Bertz CT molecular complexity index is 675. The first-order valence-electron chi connectivity index (χ1n) is 9.04. The summed E-state index contributed by atoms with van der Waals surface area (Å²) in [6.45, 7) is 8.03. The fourth-order valence-electron chi connectivity index (χ4n) is 2.66. The summed E-state index contributed by atoms with van der Waals surface area (Å²) in [5.74, 6) is 1.41. The van der Waals surface area contributed by atoms with E-state index in [-0.39, 0.29) is 0 Å². The first kappa shape index (κ1) is 19.0. The maximum Gasteiger partial charge on any atom is 0.191 e. The molecule has 2 aromatic rings. The van der Waals surface area contributed by atoms with Gasteiger partial charge >= 0.3 is 0 Å². The molecule has 134 valence electrons. The van der Waals surface area contributed by atoms with Gasteiger partial charge in [0.1, 0.15) is 0 Å². The molecule has 1 aromatic heterocycles. The van der Waals surface area contributed by atoms with Gasteiger partial charge in [-0.15, -0.1) is 0 Å². The van der Waals surface area contributed by atoms with Crippen molar-refractivity contribution < 1.29 is 0 Å². The van der Waals surface area contributed by atoms with Crippen LogP contribution in [0.2, 0.25) is 0 Å². The topological polar surface area (TPSA) is 49.3 Å². The van der Waals surface area contributed by atoms with Crippen LogP contribution in [0.5, 0.6) is 0 Å². The third-order valence-corrected chi connectivity index (χ3v) is 4.19. The molecule has 0 fully saturated rings. The second kappa shape index (κ2) is 9.82. The average Bonchev–Trinajstić information content (AvgIpc) is 2.61. The molecule has 0 amide bonds. The van der Waals surface area contributed by atoms with Gasteiger partial charge in [-0.3, -0.25) is 9.98 Å². The number of nitrogens with zero attached hydrogens (tertiary/aromatic N) is 2. The Balaban J connectivity index is 1.70. The summed E-state index contributed by atoms with van der Waals surface area (Å²) >= 11 is 0. The number of guanidine groups is 1. The maximum atomic E-state index is 4.49. The lowest BCUT2D eigenvalue weighted by Gasteiger charge is -2.12. The molecule has 0 aliphatic carbocycles. The van der Waals surface area contributed by atoms with Crippen LogP contribution in [0.1, 0.15) is 48.7 Å². The lowest BCUT2D eigenvalue weighted by Crippen LogP contribution is -2.37. The molecular formula is C21H30N4. The Morgan fingerprint density at radius 1 is 1.08 bits per heavy atom. The van der Waals surface area contributed by atoms with Crippen molar-refractivity contribution in [2.45, 2.75) is 46.1 Å². The van der Waals surface area contributed by atoms with E-state index in [0.29, 0.717) is 12.5 Å². The van der Waals surface area contributed by atoms with E-state index >= 15 is 0 Å². The van der Waals surface area contributed by atoms with Crippen LogP contribution < -0.4 is 10.6 Å². The Kier molecular flexibility index (Phi) is 7.45. The minimum absolute atomic E-state index is 0.591. The van der Waals surface area contributed by atoms with Crippen molar-refractivity contribution in [3.63, 3.8) is 0 Å². The Morgan fingerprint density at radius 3 is 2.48 bits per heavy atom. The first-order chi connectivity index (χ1) is 12.1. The van der Waals surface area contributed by atoms with Crippen LogP contribution in [0.3, 0.4) is 0 Å². The van der Waals surface area contributed by atoms with Crippen LogP contribution in [-0.2, 0) is 13.0 Å².